The Balaban J connectivity index is 2.01. The van der Waals surface area contributed by atoms with Gasteiger partial charge in [-0.1, -0.05) is 41.5 Å². The van der Waals surface area contributed by atoms with Crippen molar-refractivity contribution in [1.29, 1.82) is 0 Å². The summed E-state index contributed by atoms with van der Waals surface area (Å²) in [4.78, 5) is 4.58. The summed E-state index contributed by atoms with van der Waals surface area (Å²) in [6, 6.07) is 7.07. The summed E-state index contributed by atoms with van der Waals surface area (Å²) in [6.07, 6.45) is 1.24. The molecule has 0 aliphatic rings. The molecular weight excluding hydrogens is 292 g/mol. The van der Waals surface area contributed by atoms with Gasteiger partial charge in [-0.3, -0.25) is 0 Å². The fourth-order valence-corrected chi connectivity index (χ4v) is 4.78. The Hall–Kier alpha value is -0.600. The van der Waals surface area contributed by atoms with Gasteiger partial charge in [-0.2, -0.15) is 0 Å². The summed E-state index contributed by atoms with van der Waals surface area (Å²) in [6.45, 7) is 13.9. The minimum absolute atomic E-state index is 0.647. The van der Waals surface area contributed by atoms with E-state index in [0.29, 0.717) is 23.7 Å². The zero-order chi connectivity index (χ0) is 15.6. The molecule has 0 N–H and O–H groups in total. The van der Waals surface area contributed by atoms with Gasteiger partial charge >= 0.3 is 0 Å². The minimum atomic E-state index is 0.647. The lowest BCUT2D eigenvalue weighted by Gasteiger charge is -2.15. The molecule has 0 saturated carbocycles. The molecule has 2 heteroatoms. The van der Waals surface area contributed by atoms with Gasteiger partial charge in [0.1, 0.15) is 0 Å². The molecule has 2 rings (SSSR count). The standard InChI is InChI=1S/C19H28S2/c1-12(2)17-7-8-18(21-17)15(6)9-14(5)16-10-19(13(3)4)20-11-16/h7-8,10-15H,9H2,1-6H3. The Morgan fingerprint density at radius 2 is 1.43 bits per heavy atom. The lowest BCUT2D eigenvalue weighted by molar-refractivity contribution is 0.600. The van der Waals surface area contributed by atoms with Crippen LogP contribution in [0.15, 0.2) is 23.6 Å². The van der Waals surface area contributed by atoms with Gasteiger partial charge in [0, 0.05) is 14.6 Å². The fraction of sp³-hybridized carbons (Fsp3) is 0.579. The van der Waals surface area contributed by atoms with Gasteiger partial charge in [0.2, 0.25) is 0 Å². The Morgan fingerprint density at radius 3 is 1.95 bits per heavy atom. The average Bonchev–Trinajstić information content (AvgIpc) is 3.08. The highest BCUT2D eigenvalue weighted by Gasteiger charge is 2.16. The largest absolute Gasteiger partial charge is 0.148 e. The van der Waals surface area contributed by atoms with Gasteiger partial charge < -0.3 is 0 Å². The second-order valence-electron chi connectivity index (χ2n) is 6.87. The first-order chi connectivity index (χ1) is 9.88. The van der Waals surface area contributed by atoms with Crippen molar-refractivity contribution in [2.75, 3.05) is 0 Å². The molecule has 2 unspecified atom stereocenters. The van der Waals surface area contributed by atoms with Crippen LogP contribution in [0.4, 0.5) is 0 Å². The van der Waals surface area contributed by atoms with E-state index in [2.05, 4.69) is 65.1 Å². The zero-order valence-electron chi connectivity index (χ0n) is 14.1. The van der Waals surface area contributed by atoms with E-state index in [4.69, 9.17) is 0 Å². The van der Waals surface area contributed by atoms with E-state index < -0.39 is 0 Å². The molecule has 0 spiro atoms. The minimum Gasteiger partial charge on any atom is -0.148 e. The zero-order valence-corrected chi connectivity index (χ0v) is 15.8. The molecule has 2 atom stereocenters. The van der Waals surface area contributed by atoms with Crippen LogP contribution >= 0.6 is 22.7 Å². The second kappa shape index (κ2) is 7.11. The molecule has 0 saturated heterocycles. The molecule has 0 bridgehead atoms. The van der Waals surface area contributed by atoms with E-state index in [1.165, 1.54) is 21.7 Å². The molecule has 116 valence electrons. The Bertz CT molecular complexity index is 509. The number of hydrogen-bond donors (Lipinski definition) is 0. The lowest BCUT2D eigenvalue weighted by atomic mass is 9.91. The Kier molecular flexibility index (Phi) is 5.67. The van der Waals surface area contributed by atoms with Crippen molar-refractivity contribution in [3.05, 3.63) is 43.8 Å². The predicted molar refractivity (Wildman–Crippen MR) is 98.3 cm³/mol. The van der Waals surface area contributed by atoms with Gasteiger partial charge in [0.25, 0.3) is 0 Å². The first kappa shape index (κ1) is 16.8. The molecule has 2 aromatic rings. The number of thiophene rings is 2. The summed E-state index contributed by atoms with van der Waals surface area (Å²) in [5.74, 6) is 2.60. The SMILES string of the molecule is CC(C)c1cc(C(C)CC(C)c2ccc(C(C)C)s2)cs1. The highest BCUT2D eigenvalue weighted by molar-refractivity contribution is 7.12. The van der Waals surface area contributed by atoms with E-state index in [-0.39, 0.29) is 0 Å². The first-order valence-electron chi connectivity index (χ1n) is 8.06. The van der Waals surface area contributed by atoms with Gasteiger partial charge in [-0.15, -0.1) is 22.7 Å². The third kappa shape index (κ3) is 4.20. The molecule has 0 fully saturated rings. The topological polar surface area (TPSA) is 0 Å². The smallest absolute Gasteiger partial charge is 0.00767 e. The van der Waals surface area contributed by atoms with Gasteiger partial charge in [-0.05, 0) is 59.2 Å². The highest BCUT2D eigenvalue weighted by atomic mass is 32.1. The maximum Gasteiger partial charge on any atom is 0.00767 e. The normalized spacial score (nSPS) is 14.9. The van der Waals surface area contributed by atoms with Gasteiger partial charge in [-0.25, -0.2) is 0 Å². The van der Waals surface area contributed by atoms with Crippen LogP contribution in [0.25, 0.3) is 0 Å². The molecular formula is C19H28S2. The van der Waals surface area contributed by atoms with Crippen molar-refractivity contribution < 1.29 is 0 Å². The van der Waals surface area contributed by atoms with Crippen molar-refractivity contribution in [1.82, 2.24) is 0 Å². The molecule has 0 aliphatic heterocycles. The molecule has 0 aliphatic carbocycles. The van der Waals surface area contributed by atoms with Gasteiger partial charge in [0.05, 0.1) is 0 Å². The Morgan fingerprint density at radius 1 is 0.810 bits per heavy atom. The van der Waals surface area contributed by atoms with Crippen molar-refractivity contribution in [2.24, 2.45) is 0 Å². The average molecular weight is 321 g/mol. The summed E-state index contributed by atoms with van der Waals surface area (Å²) >= 11 is 3.92. The fourth-order valence-electron chi connectivity index (χ4n) is 2.66. The second-order valence-corrected chi connectivity index (χ2v) is 8.96. The Labute approximate surface area is 138 Å². The summed E-state index contributed by atoms with van der Waals surface area (Å²) in [5, 5.41) is 2.36. The summed E-state index contributed by atoms with van der Waals surface area (Å²) < 4.78 is 0. The van der Waals surface area contributed by atoms with Crippen LogP contribution in [0, 0.1) is 0 Å². The quantitative estimate of drug-likeness (QED) is 0.521. The van der Waals surface area contributed by atoms with E-state index >= 15 is 0 Å². The third-order valence-electron chi connectivity index (χ3n) is 4.19. The van der Waals surface area contributed by atoms with E-state index in [9.17, 15) is 0 Å². The van der Waals surface area contributed by atoms with Crippen LogP contribution in [0.2, 0.25) is 0 Å². The third-order valence-corrected chi connectivity index (χ3v) is 7.06. The van der Waals surface area contributed by atoms with Crippen molar-refractivity contribution in [3.63, 3.8) is 0 Å². The highest BCUT2D eigenvalue weighted by Crippen LogP contribution is 2.36. The monoisotopic (exact) mass is 320 g/mol. The van der Waals surface area contributed by atoms with Gasteiger partial charge in [0.15, 0.2) is 0 Å². The van der Waals surface area contributed by atoms with Crippen molar-refractivity contribution >= 4 is 22.7 Å². The maximum absolute atomic E-state index is 2.42. The van der Waals surface area contributed by atoms with E-state index in [1.807, 2.05) is 22.7 Å². The van der Waals surface area contributed by atoms with Crippen LogP contribution < -0.4 is 0 Å². The van der Waals surface area contributed by atoms with E-state index in [0.717, 1.165) is 0 Å². The summed E-state index contributed by atoms with van der Waals surface area (Å²) in [7, 11) is 0. The van der Waals surface area contributed by atoms with Crippen molar-refractivity contribution in [2.45, 2.75) is 71.6 Å². The number of hydrogen-bond acceptors (Lipinski definition) is 2. The van der Waals surface area contributed by atoms with Crippen LogP contribution in [0.1, 0.15) is 91.8 Å². The molecule has 0 radical (unpaired) electrons. The molecule has 2 aromatic heterocycles. The lowest BCUT2D eigenvalue weighted by Crippen LogP contribution is -1.98. The summed E-state index contributed by atoms with van der Waals surface area (Å²) in [5.41, 5.74) is 1.52. The molecule has 2 heterocycles. The first-order valence-corrected chi connectivity index (χ1v) is 9.76. The predicted octanol–water partition coefficient (Wildman–Crippen LogP) is 7.35. The van der Waals surface area contributed by atoms with Crippen LogP contribution in [-0.2, 0) is 0 Å². The van der Waals surface area contributed by atoms with Crippen molar-refractivity contribution in [3.8, 4) is 0 Å². The molecule has 0 amide bonds. The van der Waals surface area contributed by atoms with Crippen LogP contribution in [0.5, 0.6) is 0 Å². The molecule has 21 heavy (non-hydrogen) atoms. The van der Waals surface area contributed by atoms with Crippen LogP contribution in [0.3, 0.4) is 0 Å². The molecule has 0 nitrogen and oxygen atoms in total. The van der Waals surface area contributed by atoms with E-state index in [1.54, 1.807) is 4.88 Å². The molecule has 0 aromatic carbocycles. The number of rotatable bonds is 6. The maximum atomic E-state index is 2.42. The van der Waals surface area contributed by atoms with Crippen LogP contribution in [-0.4, -0.2) is 0 Å².